The Morgan fingerprint density at radius 2 is 1.86 bits per heavy atom. The fraction of sp³-hybridized carbons (Fsp3) is 0.278. The van der Waals surface area contributed by atoms with Gasteiger partial charge in [-0.3, -0.25) is 4.79 Å². The van der Waals surface area contributed by atoms with E-state index in [2.05, 4.69) is 0 Å². The molecule has 1 unspecified atom stereocenters. The van der Waals surface area contributed by atoms with Crippen LogP contribution in [0, 0.1) is 13.8 Å². The lowest BCUT2D eigenvalue weighted by Gasteiger charge is -2.17. The maximum atomic E-state index is 12.6. The molecule has 0 saturated carbocycles. The van der Waals surface area contributed by atoms with Crippen molar-refractivity contribution in [3.05, 3.63) is 59.2 Å². The molecule has 0 bridgehead atoms. The van der Waals surface area contributed by atoms with Gasteiger partial charge in [0.25, 0.3) is 0 Å². The highest BCUT2D eigenvalue weighted by Gasteiger charge is 2.19. The highest BCUT2D eigenvalue weighted by Crippen LogP contribution is 2.28. The third kappa shape index (κ3) is 3.67. The number of ketones is 1. The van der Waals surface area contributed by atoms with Crippen LogP contribution in [0.15, 0.2) is 47.4 Å². The molecule has 0 spiro atoms. The summed E-state index contributed by atoms with van der Waals surface area (Å²) >= 11 is 1.61. The van der Waals surface area contributed by atoms with Gasteiger partial charge in [0, 0.05) is 10.5 Å². The minimum absolute atomic E-state index is 0.0205. The minimum atomic E-state index is -0.501. The molecule has 21 heavy (non-hydrogen) atoms. The molecule has 0 amide bonds. The number of hydrogen-bond donors (Lipinski definition) is 0. The molecule has 2 aromatic carbocycles. The van der Waals surface area contributed by atoms with E-state index in [1.807, 2.05) is 62.6 Å². The average Bonchev–Trinajstić information content (AvgIpc) is 2.49. The Labute approximate surface area is 130 Å². The van der Waals surface area contributed by atoms with E-state index < -0.39 is 6.10 Å². The third-order valence-corrected chi connectivity index (χ3v) is 4.18. The van der Waals surface area contributed by atoms with Gasteiger partial charge in [0.2, 0.25) is 5.78 Å². The standard InChI is InChI=1S/C18H20O2S/c1-12-9-10-13(2)15(11-12)18(19)14(3)20-16-7-5-6-8-17(16)21-4/h5-11,14H,1-4H3. The summed E-state index contributed by atoms with van der Waals surface area (Å²) in [5.41, 5.74) is 2.81. The third-order valence-electron chi connectivity index (χ3n) is 3.40. The van der Waals surface area contributed by atoms with Crippen LogP contribution in [0.2, 0.25) is 0 Å². The van der Waals surface area contributed by atoms with Gasteiger partial charge < -0.3 is 4.74 Å². The summed E-state index contributed by atoms with van der Waals surface area (Å²) in [6.07, 6.45) is 1.50. The number of para-hydroxylation sites is 1. The first kappa shape index (κ1) is 15.6. The van der Waals surface area contributed by atoms with Gasteiger partial charge in [-0.15, -0.1) is 11.8 Å². The van der Waals surface area contributed by atoms with E-state index in [-0.39, 0.29) is 5.78 Å². The highest BCUT2D eigenvalue weighted by atomic mass is 32.2. The molecule has 0 aliphatic rings. The van der Waals surface area contributed by atoms with E-state index >= 15 is 0 Å². The molecule has 1 atom stereocenters. The van der Waals surface area contributed by atoms with Crippen LogP contribution in [0.3, 0.4) is 0 Å². The van der Waals surface area contributed by atoms with Gasteiger partial charge in [0.05, 0.1) is 0 Å². The smallest absolute Gasteiger partial charge is 0.203 e. The second-order valence-corrected chi connectivity index (χ2v) is 5.94. The zero-order chi connectivity index (χ0) is 15.4. The van der Waals surface area contributed by atoms with Crippen molar-refractivity contribution in [2.24, 2.45) is 0 Å². The molecule has 0 radical (unpaired) electrons. The number of aryl methyl sites for hydroxylation is 2. The van der Waals surface area contributed by atoms with Crippen LogP contribution in [0.25, 0.3) is 0 Å². The topological polar surface area (TPSA) is 26.3 Å². The Morgan fingerprint density at radius 1 is 1.14 bits per heavy atom. The van der Waals surface area contributed by atoms with Gasteiger partial charge in [-0.1, -0.05) is 29.8 Å². The second-order valence-electron chi connectivity index (χ2n) is 5.09. The quantitative estimate of drug-likeness (QED) is 0.592. The van der Waals surface area contributed by atoms with Gasteiger partial charge in [-0.2, -0.15) is 0 Å². The summed E-state index contributed by atoms with van der Waals surface area (Å²) in [4.78, 5) is 13.6. The average molecular weight is 300 g/mol. The van der Waals surface area contributed by atoms with Crippen LogP contribution >= 0.6 is 11.8 Å². The Hall–Kier alpha value is -1.74. The van der Waals surface area contributed by atoms with E-state index in [0.29, 0.717) is 0 Å². The van der Waals surface area contributed by atoms with Crippen molar-refractivity contribution < 1.29 is 9.53 Å². The Kier molecular flexibility index (Phi) is 5.07. The molecule has 0 aliphatic carbocycles. The largest absolute Gasteiger partial charge is 0.481 e. The van der Waals surface area contributed by atoms with E-state index in [9.17, 15) is 4.79 Å². The van der Waals surface area contributed by atoms with Crippen LogP contribution in [-0.2, 0) is 0 Å². The van der Waals surface area contributed by atoms with Crippen molar-refractivity contribution in [1.29, 1.82) is 0 Å². The van der Waals surface area contributed by atoms with Crippen molar-refractivity contribution in [3.63, 3.8) is 0 Å². The Bertz CT molecular complexity index is 649. The van der Waals surface area contributed by atoms with Crippen LogP contribution in [-0.4, -0.2) is 18.1 Å². The predicted octanol–water partition coefficient (Wildman–Crippen LogP) is 4.68. The van der Waals surface area contributed by atoms with Crippen LogP contribution in [0.5, 0.6) is 5.75 Å². The molecule has 0 aliphatic heterocycles. The van der Waals surface area contributed by atoms with Crippen LogP contribution < -0.4 is 4.74 Å². The number of thioether (sulfide) groups is 1. The Balaban J connectivity index is 2.22. The predicted molar refractivity (Wildman–Crippen MR) is 88.6 cm³/mol. The summed E-state index contributed by atoms with van der Waals surface area (Å²) in [5, 5.41) is 0. The molecule has 2 nitrogen and oxygen atoms in total. The van der Waals surface area contributed by atoms with E-state index in [1.165, 1.54) is 0 Å². The van der Waals surface area contributed by atoms with Crippen LogP contribution in [0.4, 0.5) is 0 Å². The Morgan fingerprint density at radius 3 is 2.57 bits per heavy atom. The SMILES string of the molecule is CSc1ccccc1OC(C)C(=O)c1cc(C)ccc1C. The number of carbonyl (C=O) groups excluding carboxylic acids is 1. The monoisotopic (exact) mass is 300 g/mol. The van der Waals surface area contributed by atoms with Gasteiger partial charge in [0.15, 0.2) is 6.10 Å². The molecular weight excluding hydrogens is 280 g/mol. The summed E-state index contributed by atoms with van der Waals surface area (Å²) in [7, 11) is 0. The molecule has 0 saturated heterocycles. The minimum Gasteiger partial charge on any atom is -0.481 e. The first-order valence-electron chi connectivity index (χ1n) is 6.94. The molecule has 2 aromatic rings. The van der Waals surface area contributed by atoms with Crippen molar-refractivity contribution in [2.45, 2.75) is 31.8 Å². The fourth-order valence-electron chi connectivity index (χ4n) is 2.18. The number of ether oxygens (including phenoxy) is 1. The molecular formula is C18H20O2S. The van der Waals surface area contributed by atoms with Crippen molar-refractivity contribution >= 4 is 17.5 Å². The number of rotatable bonds is 5. The van der Waals surface area contributed by atoms with Crippen molar-refractivity contribution in [1.82, 2.24) is 0 Å². The van der Waals surface area contributed by atoms with Crippen molar-refractivity contribution in [3.8, 4) is 5.75 Å². The molecule has 0 aromatic heterocycles. The summed E-state index contributed by atoms with van der Waals surface area (Å²) in [6.45, 7) is 5.75. The lowest BCUT2D eigenvalue weighted by atomic mass is 9.99. The van der Waals surface area contributed by atoms with Gasteiger partial charge >= 0.3 is 0 Å². The van der Waals surface area contributed by atoms with Crippen LogP contribution in [0.1, 0.15) is 28.4 Å². The number of carbonyl (C=O) groups is 1. The van der Waals surface area contributed by atoms with E-state index in [1.54, 1.807) is 18.7 Å². The van der Waals surface area contributed by atoms with Gasteiger partial charge in [-0.05, 0) is 50.8 Å². The van der Waals surface area contributed by atoms with Gasteiger partial charge in [-0.25, -0.2) is 0 Å². The summed E-state index contributed by atoms with van der Waals surface area (Å²) in [6, 6.07) is 13.7. The summed E-state index contributed by atoms with van der Waals surface area (Å²) < 4.78 is 5.88. The first-order valence-corrected chi connectivity index (χ1v) is 8.16. The number of benzene rings is 2. The van der Waals surface area contributed by atoms with Gasteiger partial charge in [0.1, 0.15) is 5.75 Å². The molecule has 0 fully saturated rings. The summed E-state index contributed by atoms with van der Waals surface area (Å²) in [5.74, 6) is 0.781. The maximum absolute atomic E-state index is 12.6. The lowest BCUT2D eigenvalue weighted by Crippen LogP contribution is -2.25. The van der Waals surface area contributed by atoms with E-state index in [4.69, 9.17) is 4.74 Å². The molecule has 0 heterocycles. The molecule has 2 rings (SSSR count). The molecule has 110 valence electrons. The normalized spacial score (nSPS) is 12.0. The zero-order valence-electron chi connectivity index (χ0n) is 12.8. The molecule has 3 heteroatoms. The first-order chi connectivity index (χ1) is 10.0. The lowest BCUT2D eigenvalue weighted by molar-refractivity contribution is 0.0813. The number of Topliss-reactive ketones (excluding diaryl/α,β-unsaturated/α-hetero) is 1. The van der Waals surface area contributed by atoms with Crippen molar-refractivity contribution in [2.75, 3.05) is 6.26 Å². The fourth-order valence-corrected chi connectivity index (χ4v) is 2.71. The highest BCUT2D eigenvalue weighted by molar-refractivity contribution is 7.98. The number of hydrogen-bond acceptors (Lipinski definition) is 3. The molecule has 0 N–H and O–H groups in total. The second kappa shape index (κ2) is 6.81. The van der Waals surface area contributed by atoms with E-state index in [0.717, 1.165) is 27.3 Å². The maximum Gasteiger partial charge on any atom is 0.203 e. The zero-order valence-corrected chi connectivity index (χ0v) is 13.7.